The summed E-state index contributed by atoms with van der Waals surface area (Å²) in [5.41, 5.74) is 1.23. The lowest BCUT2D eigenvalue weighted by Crippen LogP contribution is -2.21. The molecule has 1 N–H and O–H groups in total. The standard InChI is InChI=1S/C18H13Cl2N3O4S/c19-12-6-4-11(5-7-12)17-22-23-18(27-17)28-10-16(25)26-9-15(24)21-14-3-1-2-13(20)8-14/h1-8H,9-10H2,(H,21,24). The molecule has 7 nitrogen and oxygen atoms in total. The Morgan fingerprint density at radius 3 is 2.61 bits per heavy atom. The summed E-state index contributed by atoms with van der Waals surface area (Å²) >= 11 is 12.7. The van der Waals surface area contributed by atoms with E-state index in [0.717, 1.165) is 11.8 Å². The first-order valence-electron chi connectivity index (χ1n) is 7.93. The third-order valence-corrected chi connectivity index (χ3v) is 4.56. The molecule has 0 bridgehead atoms. The fraction of sp³-hybridized carbons (Fsp3) is 0.111. The maximum absolute atomic E-state index is 11.8. The number of benzene rings is 2. The van der Waals surface area contributed by atoms with E-state index in [0.29, 0.717) is 27.2 Å². The lowest BCUT2D eigenvalue weighted by molar-refractivity contribution is -0.144. The van der Waals surface area contributed by atoms with E-state index in [1.54, 1.807) is 48.5 Å². The molecule has 0 aliphatic heterocycles. The van der Waals surface area contributed by atoms with E-state index in [2.05, 4.69) is 15.5 Å². The summed E-state index contributed by atoms with van der Waals surface area (Å²) in [7, 11) is 0. The molecule has 0 unspecified atom stereocenters. The molecule has 0 radical (unpaired) electrons. The van der Waals surface area contributed by atoms with E-state index in [-0.39, 0.29) is 11.0 Å². The monoisotopic (exact) mass is 437 g/mol. The van der Waals surface area contributed by atoms with Crippen molar-refractivity contribution >= 4 is 52.5 Å². The summed E-state index contributed by atoms with van der Waals surface area (Å²) in [5.74, 6) is -0.818. The fourth-order valence-corrected chi connectivity index (χ4v) is 2.93. The Morgan fingerprint density at radius 2 is 1.86 bits per heavy atom. The van der Waals surface area contributed by atoms with Crippen LogP contribution in [0.25, 0.3) is 11.5 Å². The number of amides is 1. The zero-order valence-corrected chi connectivity index (χ0v) is 16.6. The number of hydrogen-bond acceptors (Lipinski definition) is 7. The Morgan fingerprint density at radius 1 is 1.07 bits per heavy atom. The van der Waals surface area contributed by atoms with Crippen molar-refractivity contribution < 1.29 is 18.7 Å². The molecule has 1 heterocycles. The Hall–Kier alpha value is -2.55. The first-order valence-corrected chi connectivity index (χ1v) is 9.67. The Bertz CT molecular complexity index is 979. The van der Waals surface area contributed by atoms with Gasteiger partial charge in [0.15, 0.2) is 6.61 Å². The molecule has 0 atom stereocenters. The van der Waals surface area contributed by atoms with Gasteiger partial charge in [-0.1, -0.05) is 41.0 Å². The lowest BCUT2D eigenvalue weighted by atomic mass is 10.2. The largest absolute Gasteiger partial charge is 0.455 e. The maximum Gasteiger partial charge on any atom is 0.316 e. The van der Waals surface area contributed by atoms with Gasteiger partial charge in [0.25, 0.3) is 11.1 Å². The summed E-state index contributed by atoms with van der Waals surface area (Å²) in [6.45, 7) is -0.411. The first kappa shape index (κ1) is 20.2. The van der Waals surface area contributed by atoms with Crippen LogP contribution < -0.4 is 5.32 Å². The van der Waals surface area contributed by atoms with Gasteiger partial charge in [0.05, 0.1) is 0 Å². The smallest absolute Gasteiger partial charge is 0.316 e. The van der Waals surface area contributed by atoms with Gasteiger partial charge >= 0.3 is 5.97 Å². The minimum Gasteiger partial charge on any atom is -0.455 e. The number of nitrogens with one attached hydrogen (secondary N) is 1. The van der Waals surface area contributed by atoms with Gasteiger partial charge in [0, 0.05) is 21.3 Å². The van der Waals surface area contributed by atoms with Crippen LogP contribution >= 0.6 is 35.0 Å². The highest BCUT2D eigenvalue weighted by Gasteiger charge is 2.13. The third kappa shape index (κ3) is 5.98. The number of anilines is 1. The number of thioether (sulfide) groups is 1. The molecular formula is C18H13Cl2N3O4S. The number of rotatable bonds is 7. The normalized spacial score (nSPS) is 10.5. The number of nitrogens with zero attached hydrogens (tertiary/aromatic N) is 2. The minimum absolute atomic E-state index is 0.0767. The van der Waals surface area contributed by atoms with E-state index in [1.807, 2.05) is 0 Å². The molecule has 2 aromatic carbocycles. The van der Waals surface area contributed by atoms with E-state index < -0.39 is 18.5 Å². The molecule has 0 aliphatic rings. The predicted octanol–water partition coefficient (Wildman–Crippen LogP) is 4.32. The van der Waals surface area contributed by atoms with E-state index in [4.69, 9.17) is 32.4 Å². The number of ether oxygens (including phenoxy) is 1. The highest BCUT2D eigenvalue weighted by molar-refractivity contribution is 7.99. The van der Waals surface area contributed by atoms with Crippen LogP contribution in [0.4, 0.5) is 5.69 Å². The van der Waals surface area contributed by atoms with Gasteiger partial charge in [0.2, 0.25) is 5.89 Å². The van der Waals surface area contributed by atoms with Crippen LogP contribution in [0.5, 0.6) is 0 Å². The number of esters is 1. The van der Waals surface area contributed by atoms with Crippen molar-refractivity contribution in [1.82, 2.24) is 10.2 Å². The average molecular weight is 438 g/mol. The topological polar surface area (TPSA) is 94.3 Å². The number of halogens is 2. The van der Waals surface area contributed by atoms with Crippen LogP contribution in [-0.4, -0.2) is 34.4 Å². The summed E-state index contributed by atoms with van der Waals surface area (Å²) in [6, 6.07) is 13.6. The molecule has 1 aromatic heterocycles. The third-order valence-electron chi connectivity index (χ3n) is 3.28. The second-order valence-electron chi connectivity index (χ2n) is 5.39. The number of carbonyl (C=O) groups is 2. The minimum atomic E-state index is -0.586. The van der Waals surface area contributed by atoms with Gasteiger partial charge in [-0.15, -0.1) is 10.2 Å². The quantitative estimate of drug-likeness (QED) is 0.434. The molecular weight excluding hydrogens is 425 g/mol. The van der Waals surface area contributed by atoms with Gasteiger partial charge in [-0.05, 0) is 42.5 Å². The highest BCUT2D eigenvalue weighted by atomic mass is 35.5. The zero-order valence-electron chi connectivity index (χ0n) is 14.2. The van der Waals surface area contributed by atoms with Crippen LogP contribution in [0.1, 0.15) is 0 Å². The molecule has 28 heavy (non-hydrogen) atoms. The van der Waals surface area contributed by atoms with Gasteiger partial charge in [-0.3, -0.25) is 9.59 Å². The molecule has 3 rings (SSSR count). The molecule has 1 amide bonds. The highest BCUT2D eigenvalue weighted by Crippen LogP contribution is 2.24. The molecule has 0 saturated carbocycles. The zero-order chi connectivity index (χ0) is 19.9. The van der Waals surface area contributed by atoms with Crippen LogP contribution in [-0.2, 0) is 14.3 Å². The molecule has 144 valence electrons. The van der Waals surface area contributed by atoms with Crippen molar-refractivity contribution in [2.45, 2.75) is 5.22 Å². The van der Waals surface area contributed by atoms with Crippen molar-refractivity contribution in [2.75, 3.05) is 17.7 Å². The predicted molar refractivity (Wildman–Crippen MR) is 107 cm³/mol. The summed E-state index contributed by atoms with van der Waals surface area (Å²) in [6.07, 6.45) is 0. The summed E-state index contributed by atoms with van der Waals surface area (Å²) in [5, 5.41) is 11.7. The summed E-state index contributed by atoms with van der Waals surface area (Å²) < 4.78 is 10.4. The molecule has 3 aromatic rings. The van der Waals surface area contributed by atoms with Gasteiger partial charge in [-0.25, -0.2) is 0 Å². The Kier molecular flexibility index (Phi) is 6.91. The number of hydrogen-bond donors (Lipinski definition) is 1. The second kappa shape index (κ2) is 9.59. The van der Waals surface area contributed by atoms with Crippen molar-refractivity contribution in [3.63, 3.8) is 0 Å². The van der Waals surface area contributed by atoms with Crippen molar-refractivity contribution in [1.29, 1.82) is 0 Å². The van der Waals surface area contributed by atoms with Gasteiger partial charge < -0.3 is 14.5 Å². The second-order valence-corrected chi connectivity index (χ2v) is 7.19. The SMILES string of the molecule is O=C(COC(=O)CSc1nnc(-c2ccc(Cl)cc2)o1)Nc1cccc(Cl)c1. The van der Waals surface area contributed by atoms with E-state index in [9.17, 15) is 9.59 Å². The molecule has 0 saturated heterocycles. The van der Waals surface area contributed by atoms with Crippen LogP contribution in [0.2, 0.25) is 10.0 Å². The first-order chi connectivity index (χ1) is 13.5. The van der Waals surface area contributed by atoms with Crippen LogP contribution in [0.15, 0.2) is 58.2 Å². The number of carbonyl (C=O) groups excluding carboxylic acids is 2. The average Bonchev–Trinajstić information content (AvgIpc) is 3.14. The van der Waals surface area contributed by atoms with Crippen LogP contribution in [0, 0.1) is 0 Å². The van der Waals surface area contributed by atoms with Gasteiger partial charge in [0.1, 0.15) is 5.75 Å². The Labute approximate surface area is 174 Å². The molecule has 0 fully saturated rings. The molecule has 0 spiro atoms. The molecule has 10 heteroatoms. The van der Waals surface area contributed by atoms with Crippen LogP contribution in [0.3, 0.4) is 0 Å². The van der Waals surface area contributed by atoms with Crippen molar-refractivity contribution in [2.24, 2.45) is 0 Å². The fourth-order valence-electron chi connectivity index (χ4n) is 2.05. The Balaban J connectivity index is 1.43. The molecule has 0 aliphatic carbocycles. The van der Waals surface area contributed by atoms with E-state index in [1.165, 1.54) is 0 Å². The van der Waals surface area contributed by atoms with Crippen molar-refractivity contribution in [3.8, 4) is 11.5 Å². The maximum atomic E-state index is 11.8. The van der Waals surface area contributed by atoms with Crippen molar-refractivity contribution in [3.05, 3.63) is 58.6 Å². The van der Waals surface area contributed by atoms with E-state index >= 15 is 0 Å². The lowest BCUT2D eigenvalue weighted by Gasteiger charge is -2.06. The summed E-state index contributed by atoms with van der Waals surface area (Å²) in [4.78, 5) is 23.6. The number of aromatic nitrogens is 2. The van der Waals surface area contributed by atoms with Gasteiger partial charge in [-0.2, -0.15) is 0 Å².